The number of rotatable bonds is 4. The Bertz CT molecular complexity index is 219. The lowest BCUT2D eigenvalue weighted by Crippen LogP contribution is -2.47. The van der Waals surface area contributed by atoms with Crippen LogP contribution in [0.25, 0.3) is 0 Å². The van der Waals surface area contributed by atoms with Crippen molar-refractivity contribution in [2.45, 2.75) is 77.4 Å². The molecule has 2 heteroatoms. The van der Waals surface area contributed by atoms with Crippen molar-refractivity contribution in [3.05, 3.63) is 0 Å². The van der Waals surface area contributed by atoms with Crippen LogP contribution in [0.3, 0.4) is 0 Å². The summed E-state index contributed by atoms with van der Waals surface area (Å²) in [6.45, 7) is 9.56. The summed E-state index contributed by atoms with van der Waals surface area (Å²) in [6, 6.07) is 2.35. The fourth-order valence-electron chi connectivity index (χ4n) is 3.51. The maximum Gasteiger partial charge on any atom is 0.00940 e. The van der Waals surface area contributed by atoms with E-state index < -0.39 is 0 Å². The van der Waals surface area contributed by atoms with Crippen LogP contribution >= 0.6 is 0 Å². The smallest absolute Gasteiger partial charge is 0.00940 e. The molecule has 17 heavy (non-hydrogen) atoms. The Morgan fingerprint density at radius 1 is 1.06 bits per heavy atom. The fourth-order valence-corrected chi connectivity index (χ4v) is 3.51. The maximum absolute atomic E-state index is 3.91. The standard InChI is InChI=1S/C15H30N2/c1-4-13-5-6-15(11-13)16-14-7-9-17(10-8-14)12(2)3/h12-16H,4-11H2,1-3H3. The lowest BCUT2D eigenvalue weighted by atomic mass is 10.0. The highest BCUT2D eigenvalue weighted by Crippen LogP contribution is 2.28. The van der Waals surface area contributed by atoms with Crippen molar-refractivity contribution in [3.8, 4) is 0 Å². The third-order valence-corrected chi connectivity index (χ3v) is 4.85. The summed E-state index contributed by atoms with van der Waals surface area (Å²) in [7, 11) is 0. The van der Waals surface area contributed by atoms with Gasteiger partial charge in [0.05, 0.1) is 0 Å². The van der Waals surface area contributed by atoms with Gasteiger partial charge >= 0.3 is 0 Å². The van der Waals surface area contributed by atoms with Crippen LogP contribution in [0.4, 0.5) is 0 Å². The first-order chi connectivity index (χ1) is 8.19. The molecule has 2 fully saturated rings. The van der Waals surface area contributed by atoms with Gasteiger partial charge in [0.1, 0.15) is 0 Å². The van der Waals surface area contributed by atoms with Crippen LogP contribution in [0.15, 0.2) is 0 Å². The molecule has 1 aliphatic heterocycles. The number of nitrogens with one attached hydrogen (secondary N) is 1. The van der Waals surface area contributed by atoms with Gasteiger partial charge in [0.25, 0.3) is 0 Å². The first-order valence-corrected chi connectivity index (χ1v) is 7.69. The van der Waals surface area contributed by atoms with Crippen molar-refractivity contribution in [2.24, 2.45) is 5.92 Å². The minimum atomic E-state index is 0.729. The predicted octanol–water partition coefficient (Wildman–Crippen LogP) is 3.03. The zero-order chi connectivity index (χ0) is 12.3. The molecular formula is C15H30N2. The Morgan fingerprint density at radius 2 is 1.76 bits per heavy atom. The minimum Gasteiger partial charge on any atom is -0.311 e. The summed E-state index contributed by atoms with van der Waals surface area (Å²) in [6.07, 6.45) is 8.39. The molecule has 0 aromatic carbocycles. The minimum absolute atomic E-state index is 0.729. The molecule has 0 amide bonds. The molecule has 100 valence electrons. The maximum atomic E-state index is 3.91. The van der Waals surface area contributed by atoms with Gasteiger partial charge in [-0.05, 0) is 65.0 Å². The lowest BCUT2D eigenvalue weighted by Gasteiger charge is -2.36. The Balaban J connectivity index is 1.68. The topological polar surface area (TPSA) is 15.3 Å². The molecule has 2 atom stereocenters. The van der Waals surface area contributed by atoms with Crippen molar-refractivity contribution < 1.29 is 0 Å². The average Bonchev–Trinajstić information content (AvgIpc) is 2.77. The number of nitrogens with zero attached hydrogens (tertiary/aromatic N) is 1. The largest absolute Gasteiger partial charge is 0.311 e. The van der Waals surface area contributed by atoms with E-state index in [1.165, 1.54) is 51.6 Å². The van der Waals surface area contributed by atoms with E-state index in [9.17, 15) is 0 Å². The normalized spacial score (nSPS) is 32.5. The fraction of sp³-hybridized carbons (Fsp3) is 1.00. The number of likely N-dealkylation sites (tertiary alicyclic amines) is 1. The number of hydrogen-bond donors (Lipinski definition) is 1. The molecule has 2 rings (SSSR count). The van der Waals surface area contributed by atoms with Crippen molar-refractivity contribution in [3.63, 3.8) is 0 Å². The van der Waals surface area contributed by atoms with Gasteiger partial charge in [-0.25, -0.2) is 0 Å². The lowest BCUT2D eigenvalue weighted by molar-refractivity contribution is 0.156. The molecule has 0 aromatic rings. The van der Waals surface area contributed by atoms with Crippen LogP contribution in [0.2, 0.25) is 0 Å². The Kier molecular flexibility index (Phi) is 4.87. The van der Waals surface area contributed by atoms with E-state index >= 15 is 0 Å². The zero-order valence-electron chi connectivity index (χ0n) is 11.9. The van der Waals surface area contributed by atoms with Gasteiger partial charge in [-0.15, -0.1) is 0 Å². The second-order valence-electron chi connectivity index (χ2n) is 6.35. The third-order valence-electron chi connectivity index (χ3n) is 4.85. The molecule has 2 nitrogen and oxygen atoms in total. The monoisotopic (exact) mass is 238 g/mol. The molecule has 1 saturated heterocycles. The first-order valence-electron chi connectivity index (χ1n) is 7.69. The van der Waals surface area contributed by atoms with Gasteiger partial charge in [-0.3, -0.25) is 0 Å². The van der Waals surface area contributed by atoms with Gasteiger partial charge in [0.2, 0.25) is 0 Å². The van der Waals surface area contributed by atoms with Crippen LogP contribution in [0.5, 0.6) is 0 Å². The van der Waals surface area contributed by atoms with Crippen molar-refractivity contribution in [1.29, 1.82) is 0 Å². The molecule has 2 unspecified atom stereocenters. The SMILES string of the molecule is CCC1CCC(NC2CCN(C(C)C)CC2)C1. The van der Waals surface area contributed by atoms with Gasteiger partial charge in [0.15, 0.2) is 0 Å². The summed E-state index contributed by atoms with van der Waals surface area (Å²) < 4.78 is 0. The molecular weight excluding hydrogens is 208 g/mol. The molecule has 1 saturated carbocycles. The van der Waals surface area contributed by atoms with Crippen LogP contribution in [0, 0.1) is 5.92 Å². The first kappa shape index (κ1) is 13.4. The molecule has 1 heterocycles. The van der Waals surface area contributed by atoms with Gasteiger partial charge in [0, 0.05) is 18.1 Å². The van der Waals surface area contributed by atoms with Crippen LogP contribution < -0.4 is 5.32 Å². The summed E-state index contributed by atoms with van der Waals surface area (Å²) in [4.78, 5) is 2.61. The van der Waals surface area contributed by atoms with Crippen molar-refractivity contribution in [2.75, 3.05) is 13.1 Å². The Hall–Kier alpha value is -0.0800. The highest BCUT2D eigenvalue weighted by Gasteiger charge is 2.27. The van der Waals surface area contributed by atoms with Crippen molar-refractivity contribution in [1.82, 2.24) is 10.2 Å². The Morgan fingerprint density at radius 3 is 2.29 bits per heavy atom. The second kappa shape index (κ2) is 6.19. The number of hydrogen-bond acceptors (Lipinski definition) is 2. The average molecular weight is 238 g/mol. The molecule has 1 aliphatic carbocycles. The van der Waals surface area contributed by atoms with E-state index in [-0.39, 0.29) is 0 Å². The van der Waals surface area contributed by atoms with Gasteiger partial charge in [-0.2, -0.15) is 0 Å². The van der Waals surface area contributed by atoms with Crippen molar-refractivity contribution >= 4 is 0 Å². The van der Waals surface area contributed by atoms with E-state index in [1.54, 1.807) is 0 Å². The summed E-state index contributed by atoms with van der Waals surface area (Å²) in [5.41, 5.74) is 0. The summed E-state index contributed by atoms with van der Waals surface area (Å²) >= 11 is 0. The van der Waals surface area contributed by atoms with Gasteiger partial charge in [-0.1, -0.05) is 13.3 Å². The van der Waals surface area contributed by atoms with Crippen LogP contribution in [0.1, 0.15) is 59.3 Å². The molecule has 1 N–H and O–H groups in total. The zero-order valence-corrected chi connectivity index (χ0v) is 11.9. The van der Waals surface area contributed by atoms with E-state index in [4.69, 9.17) is 0 Å². The summed E-state index contributed by atoms with van der Waals surface area (Å²) in [5.74, 6) is 1.00. The molecule has 0 spiro atoms. The number of piperidine rings is 1. The Labute approximate surface area is 107 Å². The quantitative estimate of drug-likeness (QED) is 0.810. The molecule has 2 aliphatic rings. The van der Waals surface area contributed by atoms with E-state index in [0.717, 1.165) is 24.0 Å². The molecule has 0 aromatic heterocycles. The molecule has 0 bridgehead atoms. The van der Waals surface area contributed by atoms with Gasteiger partial charge < -0.3 is 10.2 Å². The van der Waals surface area contributed by atoms with E-state index in [2.05, 4.69) is 31.0 Å². The highest BCUT2D eigenvalue weighted by molar-refractivity contribution is 4.86. The predicted molar refractivity (Wildman–Crippen MR) is 74.3 cm³/mol. The summed E-state index contributed by atoms with van der Waals surface area (Å²) in [5, 5.41) is 3.91. The third kappa shape index (κ3) is 3.69. The van der Waals surface area contributed by atoms with Crippen LogP contribution in [-0.2, 0) is 0 Å². The molecule has 0 radical (unpaired) electrons. The van der Waals surface area contributed by atoms with E-state index in [1.807, 2.05) is 0 Å². The highest BCUT2D eigenvalue weighted by atomic mass is 15.2. The van der Waals surface area contributed by atoms with Crippen LogP contribution in [-0.4, -0.2) is 36.1 Å². The van der Waals surface area contributed by atoms with E-state index in [0.29, 0.717) is 0 Å². The second-order valence-corrected chi connectivity index (χ2v) is 6.35.